The van der Waals surface area contributed by atoms with Gasteiger partial charge in [0.1, 0.15) is 6.04 Å². The van der Waals surface area contributed by atoms with Crippen molar-refractivity contribution in [2.75, 3.05) is 13.6 Å². The lowest BCUT2D eigenvalue weighted by Crippen LogP contribution is -2.46. The third kappa shape index (κ3) is 2.92. The van der Waals surface area contributed by atoms with Crippen LogP contribution in [0.15, 0.2) is 24.3 Å². The minimum absolute atomic E-state index is 0.210. The molecule has 0 unspecified atom stereocenters. The molecule has 0 aromatic heterocycles. The number of carbonyl (C=O) groups is 2. The number of carboxylic acids is 1. The van der Waals surface area contributed by atoms with Crippen LogP contribution in [0.3, 0.4) is 0 Å². The summed E-state index contributed by atoms with van der Waals surface area (Å²) in [6.45, 7) is 3.02. The topological polar surface area (TPSA) is 60.9 Å². The summed E-state index contributed by atoms with van der Waals surface area (Å²) in [5.41, 5.74) is 2.21. The fraction of sp³-hybridized carbons (Fsp3) is 0.467. The lowest BCUT2D eigenvalue weighted by atomic mass is 10.1. The zero-order valence-corrected chi connectivity index (χ0v) is 11.9. The lowest BCUT2D eigenvalue weighted by Gasteiger charge is -2.28. The number of carbonyl (C=O) groups excluding carboxylic acids is 1. The molecular formula is C15H20N2O3. The number of likely N-dealkylation sites (tertiary alicyclic amines) is 1. The van der Waals surface area contributed by atoms with Crippen molar-refractivity contribution >= 4 is 12.0 Å². The minimum Gasteiger partial charge on any atom is -0.480 e. The van der Waals surface area contributed by atoms with Gasteiger partial charge in [-0.15, -0.1) is 0 Å². The molecule has 5 heteroatoms. The SMILES string of the molecule is Cc1ccccc1CN(C)C(=O)N1CCC[C@@H]1C(=O)O. The molecule has 1 fully saturated rings. The fourth-order valence-electron chi connectivity index (χ4n) is 2.58. The Morgan fingerprint density at radius 1 is 1.40 bits per heavy atom. The number of benzene rings is 1. The highest BCUT2D eigenvalue weighted by atomic mass is 16.4. The van der Waals surface area contributed by atoms with Gasteiger partial charge < -0.3 is 14.9 Å². The first-order valence-corrected chi connectivity index (χ1v) is 6.79. The number of urea groups is 1. The van der Waals surface area contributed by atoms with Gasteiger partial charge in [0.2, 0.25) is 0 Å². The molecule has 1 N–H and O–H groups in total. The molecular weight excluding hydrogens is 256 g/mol. The summed E-state index contributed by atoms with van der Waals surface area (Å²) in [5, 5.41) is 9.14. The van der Waals surface area contributed by atoms with Gasteiger partial charge in [-0.25, -0.2) is 9.59 Å². The molecule has 1 saturated heterocycles. The average molecular weight is 276 g/mol. The standard InChI is InChI=1S/C15H20N2O3/c1-11-6-3-4-7-12(11)10-16(2)15(20)17-9-5-8-13(17)14(18)19/h3-4,6-7,13H,5,8-10H2,1-2H3,(H,18,19)/t13-/m1/s1. The third-order valence-electron chi connectivity index (χ3n) is 3.78. The number of amides is 2. The van der Waals surface area contributed by atoms with Crippen LogP contribution >= 0.6 is 0 Å². The molecule has 0 aliphatic carbocycles. The number of hydrogen-bond acceptors (Lipinski definition) is 2. The summed E-state index contributed by atoms with van der Waals surface area (Å²) in [7, 11) is 1.71. The Balaban J connectivity index is 2.05. The molecule has 1 atom stereocenters. The van der Waals surface area contributed by atoms with Gasteiger partial charge in [-0.3, -0.25) is 0 Å². The smallest absolute Gasteiger partial charge is 0.326 e. The predicted octanol–water partition coefficient (Wildman–Crippen LogP) is 2.10. The summed E-state index contributed by atoms with van der Waals surface area (Å²) in [4.78, 5) is 26.5. The van der Waals surface area contributed by atoms with Crippen LogP contribution in [-0.4, -0.2) is 46.5 Å². The molecule has 2 rings (SSSR count). The fourth-order valence-corrected chi connectivity index (χ4v) is 2.58. The summed E-state index contributed by atoms with van der Waals surface area (Å²) in [6.07, 6.45) is 1.29. The monoisotopic (exact) mass is 276 g/mol. The Morgan fingerprint density at radius 2 is 2.10 bits per heavy atom. The quantitative estimate of drug-likeness (QED) is 0.919. The number of aryl methyl sites for hydroxylation is 1. The molecule has 2 amide bonds. The second-order valence-electron chi connectivity index (χ2n) is 5.25. The van der Waals surface area contributed by atoms with Crippen molar-refractivity contribution in [3.63, 3.8) is 0 Å². The van der Waals surface area contributed by atoms with Crippen molar-refractivity contribution in [2.24, 2.45) is 0 Å². The molecule has 0 spiro atoms. The van der Waals surface area contributed by atoms with Crippen LogP contribution < -0.4 is 0 Å². The van der Waals surface area contributed by atoms with E-state index in [1.54, 1.807) is 11.9 Å². The molecule has 1 heterocycles. The summed E-state index contributed by atoms with van der Waals surface area (Å²) >= 11 is 0. The minimum atomic E-state index is -0.917. The van der Waals surface area contributed by atoms with Gasteiger partial charge in [0.15, 0.2) is 0 Å². The summed E-state index contributed by atoms with van der Waals surface area (Å²) in [6, 6.07) is 7.00. The maximum absolute atomic E-state index is 12.4. The molecule has 1 aliphatic rings. The van der Waals surface area contributed by atoms with Crippen LogP contribution in [0.25, 0.3) is 0 Å². The van der Waals surface area contributed by atoms with Gasteiger partial charge in [-0.1, -0.05) is 24.3 Å². The second kappa shape index (κ2) is 5.94. The maximum Gasteiger partial charge on any atom is 0.326 e. The van der Waals surface area contributed by atoms with Gasteiger partial charge >= 0.3 is 12.0 Å². The second-order valence-corrected chi connectivity index (χ2v) is 5.25. The Hall–Kier alpha value is -2.04. The number of rotatable bonds is 3. The van der Waals surface area contributed by atoms with Crippen molar-refractivity contribution in [1.29, 1.82) is 0 Å². The average Bonchev–Trinajstić information content (AvgIpc) is 2.89. The van der Waals surface area contributed by atoms with E-state index in [-0.39, 0.29) is 6.03 Å². The predicted molar refractivity (Wildman–Crippen MR) is 75.4 cm³/mol. The highest BCUT2D eigenvalue weighted by Crippen LogP contribution is 2.20. The van der Waals surface area contributed by atoms with Gasteiger partial charge in [0, 0.05) is 20.1 Å². The molecule has 1 aromatic carbocycles. The van der Waals surface area contributed by atoms with E-state index in [4.69, 9.17) is 5.11 Å². The number of carboxylic acid groups (broad SMARTS) is 1. The van der Waals surface area contributed by atoms with Crippen LogP contribution in [0.5, 0.6) is 0 Å². The normalized spacial score (nSPS) is 18.1. The number of hydrogen-bond donors (Lipinski definition) is 1. The Morgan fingerprint density at radius 3 is 2.75 bits per heavy atom. The molecule has 1 aromatic rings. The van der Waals surface area contributed by atoms with E-state index in [1.165, 1.54) is 4.90 Å². The lowest BCUT2D eigenvalue weighted by molar-refractivity contribution is -0.141. The number of nitrogens with zero attached hydrogens (tertiary/aromatic N) is 2. The number of aliphatic carboxylic acids is 1. The van der Waals surface area contributed by atoms with Crippen LogP contribution in [0.2, 0.25) is 0 Å². The van der Waals surface area contributed by atoms with Crippen molar-refractivity contribution < 1.29 is 14.7 Å². The molecule has 5 nitrogen and oxygen atoms in total. The largest absolute Gasteiger partial charge is 0.480 e. The van der Waals surface area contributed by atoms with Crippen molar-refractivity contribution in [3.8, 4) is 0 Å². The van der Waals surface area contributed by atoms with Crippen molar-refractivity contribution in [1.82, 2.24) is 9.80 Å². The zero-order valence-electron chi connectivity index (χ0n) is 11.9. The van der Waals surface area contributed by atoms with Crippen LogP contribution in [-0.2, 0) is 11.3 Å². The molecule has 108 valence electrons. The first-order valence-electron chi connectivity index (χ1n) is 6.79. The van der Waals surface area contributed by atoms with Gasteiger partial charge in [0.25, 0.3) is 0 Å². The Labute approximate surface area is 118 Å². The van der Waals surface area contributed by atoms with E-state index in [1.807, 2.05) is 31.2 Å². The highest BCUT2D eigenvalue weighted by molar-refractivity contribution is 5.83. The molecule has 0 radical (unpaired) electrons. The Bertz CT molecular complexity index is 516. The summed E-state index contributed by atoms with van der Waals surface area (Å²) in [5.74, 6) is -0.917. The van der Waals surface area contributed by atoms with Crippen molar-refractivity contribution in [2.45, 2.75) is 32.4 Å². The first-order chi connectivity index (χ1) is 9.50. The maximum atomic E-state index is 12.4. The molecule has 0 saturated carbocycles. The van der Waals surface area contributed by atoms with E-state index >= 15 is 0 Å². The molecule has 1 aliphatic heterocycles. The van der Waals surface area contributed by atoms with E-state index in [9.17, 15) is 9.59 Å². The van der Waals surface area contributed by atoms with E-state index in [0.29, 0.717) is 19.5 Å². The first kappa shape index (κ1) is 14.4. The van der Waals surface area contributed by atoms with Crippen LogP contribution in [0.4, 0.5) is 4.79 Å². The van der Waals surface area contributed by atoms with Crippen LogP contribution in [0.1, 0.15) is 24.0 Å². The van der Waals surface area contributed by atoms with Crippen LogP contribution in [0, 0.1) is 6.92 Å². The zero-order chi connectivity index (χ0) is 14.7. The summed E-state index contributed by atoms with van der Waals surface area (Å²) < 4.78 is 0. The van der Waals surface area contributed by atoms with Gasteiger partial charge in [0.05, 0.1) is 0 Å². The highest BCUT2D eigenvalue weighted by Gasteiger charge is 2.35. The van der Waals surface area contributed by atoms with E-state index < -0.39 is 12.0 Å². The molecule has 0 bridgehead atoms. The molecule has 20 heavy (non-hydrogen) atoms. The van der Waals surface area contributed by atoms with Crippen molar-refractivity contribution in [3.05, 3.63) is 35.4 Å². The van der Waals surface area contributed by atoms with Gasteiger partial charge in [-0.05, 0) is 30.9 Å². The van der Waals surface area contributed by atoms with E-state index in [2.05, 4.69) is 0 Å². The van der Waals surface area contributed by atoms with E-state index in [0.717, 1.165) is 17.5 Å². The third-order valence-corrected chi connectivity index (χ3v) is 3.78. The Kier molecular flexibility index (Phi) is 4.27. The van der Waals surface area contributed by atoms with Gasteiger partial charge in [-0.2, -0.15) is 0 Å².